The van der Waals surface area contributed by atoms with Crippen molar-refractivity contribution < 1.29 is 44.3 Å². The predicted octanol–water partition coefficient (Wildman–Crippen LogP) is 2.87. The molecule has 197 valence electrons. The summed E-state index contributed by atoms with van der Waals surface area (Å²) < 4.78 is 0. The Hall–Kier alpha value is -3.48. The Morgan fingerprint density at radius 1 is 0.256 bits per heavy atom. The summed E-state index contributed by atoms with van der Waals surface area (Å²) in [5.74, 6) is 0. The first-order valence-electron chi connectivity index (χ1n) is 11.7. The maximum Gasteiger partial charge on any atom is 1.00 e. The Bertz CT molecular complexity index is 1090. The maximum atomic E-state index is 3.15. The van der Waals surface area contributed by atoms with E-state index < -0.39 is 0 Å². The van der Waals surface area contributed by atoms with Gasteiger partial charge in [0.15, 0.2) is 0 Å². The topological polar surface area (TPSA) is 0 Å². The van der Waals surface area contributed by atoms with E-state index in [0.717, 1.165) is 33.4 Å². The Kier molecular flexibility index (Phi) is 16.8. The van der Waals surface area contributed by atoms with Crippen molar-refractivity contribution in [3.63, 3.8) is 0 Å². The number of hydrogen-bond donors (Lipinski definition) is 0. The SMILES string of the molecule is [Cl-].[Cl-].[Ru+].[c-]1ccccc1-c1[c-]cccc1.[c-]1ccccc1-c1[c-]cccc1.[c-]1ccccc1-c1[c-]cccc1. The zero-order chi connectivity index (χ0) is 24.7. The standard InChI is InChI=1S/3C12H8.2ClH.Ru/c3*1-3-7-11(8-4-1)12-9-5-2-6-10-12;;;/h3*1-7,9H;2*1H;/q3*-2;;;+1/p-2. The van der Waals surface area contributed by atoms with Gasteiger partial charge in [0, 0.05) is 0 Å². The molecule has 0 atom stereocenters. The van der Waals surface area contributed by atoms with Crippen molar-refractivity contribution in [1.82, 2.24) is 0 Å². The van der Waals surface area contributed by atoms with Gasteiger partial charge in [-0.05, 0) is 0 Å². The Morgan fingerprint density at radius 2 is 0.410 bits per heavy atom. The van der Waals surface area contributed by atoms with Gasteiger partial charge in [-0.3, -0.25) is 0 Å². The monoisotopic (exact) mass is 628 g/mol. The van der Waals surface area contributed by atoms with E-state index >= 15 is 0 Å². The molecular weight excluding hydrogens is 604 g/mol. The summed E-state index contributed by atoms with van der Waals surface area (Å²) in [5.41, 5.74) is 6.57. The van der Waals surface area contributed by atoms with Crippen LogP contribution < -0.4 is 24.8 Å². The molecule has 0 N–H and O–H groups in total. The largest absolute Gasteiger partial charge is 1.00 e. The summed E-state index contributed by atoms with van der Waals surface area (Å²) in [6, 6.07) is 66.4. The molecule has 0 aliphatic heterocycles. The van der Waals surface area contributed by atoms with Gasteiger partial charge in [-0.15, -0.1) is 36.4 Å². The zero-order valence-corrected chi connectivity index (χ0v) is 24.2. The molecule has 0 aromatic heterocycles. The van der Waals surface area contributed by atoms with Gasteiger partial charge in [0.1, 0.15) is 0 Å². The van der Waals surface area contributed by atoms with Crippen LogP contribution in [-0.2, 0) is 19.5 Å². The van der Waals surface area contributed by atoms with Crippen LogP contribution in [0, 0.1) is 36.4 Å². The molecule has 3 heteroatoms. The quantitative estimate of drug-likeness (QED) is 0.209. The fraction of sp³-hybridized carbons (Fsp3) is 0. The Morgan fingerprint density at radius 3 is 0.513 bits per heavy atom. The van der Waals surface area contributed by atoms with Crippen molar-refractivity contribution in [1.29, 1.82) is 0 Å². The van der Waals surface area contributed by atoms with Crippen molar-refractivity contribution in [2.45, 2.75) is 0 Å². The molecule has 6 aromatic rings. The van der Waals surface area contributed by atoms with Gasteiger partial charge in [0.2, 0.25) is 0 Å². The molecule has 39 heavy (non-hydrogen) atoms. The van der Waals surface area contributed by atoms with Gasteiger partial charge >= 0.3 is 19.5 Å². The fourth-order valence-electron chi connectivity index (χ4n) is 3.37. The van der Waals surface area contributed by atoms with Gasteiger partial charge in [-0.1, -0.05) is 0 Å². The molecule has 0 bridgehead atoms. The average Bonchev–Trinajstić information content (AvgIpc) is 3.01. The van der Waals surface area contributed by atoms with Crippen molar-refractivity contribution in [2.75, 3.05) is 0 Å². The smallest absolute Gasteiger partial charge is 1.00 e. The van der Waals surface area contributed by atoms with Crippen LogP contribution in [0.25, 0.3) is 33.4 Å². The minimum absolute atomic E-state index is 0. The first-order chi connectivity index (χ1) is 17.9. The Labute approximate surface area is 258 Å². The van der Waals surface area contributed by atoms with Crippen molar-refractivity contribution >= 4 is 0 Å². The normalized spacial score (nSPS) is 8.92. The van der Waals surface area contributed by atoms with E-state index in [4.69, 9.17) is 0 Å². The summed E-state index contributed by atoms with van der Waals surface area (Å²) >= 11 is 0. The molecule has 6 rings (SSSR count). The van der Waals surface area contributed by atoms with Gasteiger partial charge in [-0.2, -0.15) is 146 Å². The molecule has 0 aliphatic carbocycles. The number of halogens is 2. The average molecular weight is 629 g/mol. The predicted molar refractivity (Wildman–Crippen MR) is 149 cm³/mol. The van der Waals surface area contributed by atoms with E-state index in [1.54, 1.807) is 0 Å². The van der Waals surface area contributed by atoms with Crippen LogP contribution in [0.2, 0.25) is 0 Å². The summed E-state index contributed by atoms with van der Waals surface area (Å²) in [6.07, 6.45) is 0. The summed E-state index contributed by atoms with van der Waals surface area (Å²) in [5, 5.41) is 0. The molecule has 0 fully saturated rings. The molecule has 0 saturated carbocycles. The van der Waals surface area contributed by atoms with Gasteiger partial charge in [0.05, 0.1) is 0 Å². The van der Waals surface area contributed by atoms with E-state index in [-0.39, 0.29) is 44.3 Å². The zero-order valence-electron chi connectivity index (χ0n) is 21.0. The molecule has 1 radical (unpaired) electrons. The van der Waals surface area contributed by atoms with E-state index in [1.165, 1.54) is 0 Å². The van der Waals surface area contributed by atoms with Gasteiger partial charge in [-0.25, -0.2) is 33.4 Å². The third-order valence-corrected chi connectivity index (χ3v) is 5.12. The molecule has 0 unspecified atom stereocenters. The maximum absolute atomic E-state index is 3.15. The number of hydrogen-bond acceptors (Lipinski definition) is 0. The minimum Gasteiger partial charge on any atom is -1.00 e. The van der Waals surface area contributed by atoms with Crippen LogP contribution >= 0.6 is 0 Å². The van der Waals surface area contributed by atoms with Crippen LogP contribution in [0.15, 0.2) is 146 Å². The van der Waals surface area contributed by atoms with Crippen LogP contribution in [0.5, 0.6) is 0 Å². The van der Waals surface area contributed by atoms with Crippen molar-refractivity contribution in [2.24, 2.45) is 0 Å². The molecule has 0 saturated heterocycles. The molecular formula is C36H24Cl2Ru-7. The van der Waals surface area contributed by atoms with Crippen LogP contribution in [0.4, 0.5) is 0 Å². The molecule has 0 heterocycles. The third kappa shape index (κ3) is 11.4. The van der Waals surface area contributed by atoms with E-state index in [1.807, 2.05) is 146 Å². The van der Waals surface area contributed by atoms with Crippen molar-refractivity contribution in [3.05, 3.63) is 182 Å². The summed E-state index contributed by atoms with van der Waals surface area (Å²) in [7, 11) is 0. The second-order valence-electron chi connectivity index (χ2n) is 7.66. The molecule has 0 spiro atoms. The second kappa shape index (κ2) is 19.6. The van der Waals surface area contributed by atoms with E-state index in [2.05, 4.69) is 36.4 Å². The van der Waals surface area contributed by atoms with Crippen molar-refractivity contribution in [3.8, 4) is 33.4 Å². The minimum atomic E-state index is 0. The fourth-order valence-corrected chi connectivity index (χ4v) is 3.37. The molecule has 0 amide bonds. The van der Waals surface area contributed by atoms with Gasteiger partial charge < -0.3 is 24.8 Å². The first-order valence-corrected chi connectivity index (χ1v) is 11.7. The summed E-state index contributed by atoms with van der Waals surface area (Å²) in [4.78, 5) is 0. The molecule has 6 aromatic carbocycles. The van der Waals surface area contributed by atoms with Crippen LogP contribution in [-0.4, -0.2) is 0 Å². The molecule has 0 aliphatic rings. The summed E-state index contributed by atoms with van der Waals surface area (Å²) in [6.45, 7) is 0. The number of benzene rings is 6. The molecule has 0 nitrogen and oxygen atoms in total. The van der Waals surface area contributed by atoms with E-state index in [9.17, 15) is 0 Å². The Balaban J connectivity index is 0.000000282. The second-order valence-corrected chi connectivity index (χ2v) is 7.66. The van der Waals surface area contributed by atoms with E-state index in [0.29, 0.717) is 0 Å². The van der Waals surface area contributed by atoms with Gasteiger partial charge in [0.25, 0.3) is 0 Å². The number of rotatable bonds is 3. The first kappa shape index (κ1) is 33.6. The third-order valence-electron chi connectivity index (χ3n) is 5.12. The van der Waals surface area contributed by atoms with Crippen LogP contribution in [0.1, 0.15) is 0 Å². The van der Waals surface area contributed by atoms with Crippen LogP contribution in [0.3, 0.4) is 0 Å².